The molecule has 0 saturated carbocycles. The Morgan fingerprint density at radius 1 is 0.300 bits per heavy atom. The van der Waals surface area contributed by atoms with Crippen LogP contribution in [-0.2, 0) is 65.4 Å². The minimum Gasteiger partial charge on any atom is -0.462 e. The normalized spacial score (nSPS) is 14.1. The van der Waals surface area contributed by atoms with Crippen molar-refractivity contribution in [2.75, 3.05) is 39.6 Å². The van der Waals surface area contributed by atoms with E-state index in [1.807, 2.05) is 0 Å². The summed E-state index contributed by atoms with van der Waals surface area (Å²) in [6, 6.07) is 0. The minimum atomic E-state index is -4.95. The molecule has 0 fully saturated rings. The summed E-state index contributed by atoms with van der Waals surface area (Å²) in [4.78, 5) is 72.4. The molecule has 2 unspecified atom stereocenters. The average molecular weight is 1330 g/mol. The highest BCUT2D eigenvalue weighted by atomic mass is 31.2. The van der Waals surface area contributed by atoms with Gasteiger partial charge in [0, 0.05) is 25.7 Å². The van der Waals surface area contributed by atoms with Gasteiger partial charge in [-0.15, -0.1) is 0 Å². The Morgan fingerprint density at radius 3 is 0.756 bits per heavy atom. The lowest BCUT2D eigenvalue weighted by molar-refractivity contribution is -0.161. The lowest BCUT2D eigenvalue weighted by Gasteiger charge is -2.21. The Hall–Kier alpha value is -1.94. The summed E-state index contributed by atoms with van der Waals surface area (Å²) in [5, 5.41) is 10.6. The van der Waals surface area contributed by atoms with E-state index < -0.39 is 97.5 Å². The molecule has 0 aromatic rings. The molecule has 0 radical (unpaired) electrons. The smallest absolute Gasteiger partial charge is 0.462 e. The molecule has 17 nitrogen and oxygen atoms in total. The summed E-state index contributed by atoms with van der Waals surface area (Å²) in [5.74, 6) is -1.38. The number of phosphoric acid groups is 2. The molecule has 0 spiro atoms. The molecule has 0 rings (SSSR count). The second kappa shape index (κ2) is 64.4. The van der Waals surface area contributed by atoms with Gasteiger partial charge in [0.1, 0.15) is 19.3 Å². The van der Waals surface area contributed by atoms with E-state index >= 15 is 0 Å². The highest BCUT2D eigenvalue weighted by molar-refractivity contribution is 7.47. The summed E-state index contributed by atoms with van der Waals surface area (Å²) >= 11 is 0. The third-order valence-corrected chi connectivity index (χ3v) is 18.4. The highest BCUT2D eigenvalue weighted by Crippen LogP contribution is 2.45. The second-order valence-corrected chi connectivity index (χ2v) is 29.0. The lowest BCUT2D eigenvalue weighted by Crippen LogP contribution is -2.30. The molecule has 0 amide bonds. The molecule has 0 aliphatic carbocycles. The van der Waals surface area contributed by atoms with Gasteiger partial charge in [-0.1, -0.05) is 317 Å². The van der Waals surface area contributed by atoms with E-state index in [2.05, 4.69) is 34.6 Å². The second-order valence-electron chi connectivity index (χ2n) is 26.1. The topological polar surface area (TPSA) is 237 Å². The van der Waals surface area contributed by atoms with Crippen LogP contribution in [0.25, 0.3) is 0 Å². The summed E-state index contributed by atoms with van der Waals surface area (Å²) in [6.45, 7) is 7.18. The zero-order chi connectivity index (χ0) is 66.3. The SMILES string of the molecule is CCCCCCCCCCCCCCCCCCCCCCCC(=O)O[C@H](COC(=O)CCCCCCCCCCCC(C)C)COP(=O)(O)OC[C@@H](O)COP(=O)(O)OC[C@@H](COC(=O)CCCCCCCCC)OC(=O)CCCCCCCCCCCC. The first-order chi connectivity index (χ1) is 43.5. The number of aliphatic hydroxyl groups excluding tert-OH is 1. The quantitative estimate of drug-likeness (QED) is 0.0222. The van der Waals surface area contributed by atoms with Crippen LogP contribution in [0.3, 0.4) is 0 Å². The van der Waals surface area contributed by atoms with E-state index in [-0.39, 0.29) is 25.7 Å². The number of esters is 4. The number of carbonyl (C=O) groups excluding carboxylic acids is 4. The number of carbonyl (C=O) groups is 4. The molecule has 90 heavy (non-hydrogen) atoms. The first-order valence-corrected chi connectivity index (χ1v) is 40.1. The van der Waals surface area contributed by atoms with Crippen molar-refractivity contribution in [3.05, 3.63) is 0 Å². The van der Waals surface area contributed by atoms with Crippen molar-refractivity contribution in [2.45, 2.75) is 387 Å². The van der Waals surface area contributed by atoms with E-state index in [1.54, 1.807) is 0 Å². The van der Waals surface area contributed by atoms with Crippen molar-refractivity contribution in [3.63, 3.8) is 0 Å². The van der Waals surface area contributed by atoms with Gasteiger partial charge in [0.2, 0.25) is 0 Å². The molecule has 0 aliphatic rings. The van der Waals surface area contributed by atoms with Crippen LogP contribution in [0.2, 0.25) is 0 Å². The predicted molar refractivity (Wildman–Crippen MR) is 363 cm³/mol. The monoisotopic (exact) mass is 1320 g/mol. The summed E-state index contributed by atoms with van der Waals surface area (Å²) in [6.07, 6.45) is 51.6. The third-order valence-electron chi connectivity index (χ3n) is 16.5. The Bertz CT molecular complexity index is 1740. The van der Waals surface area contributed by atoms with Gasteiger partial charge < -0.3 is 33.8 Å². The maximum absolute atomic E-state index is 13.0. The van der Waals surface area contributed by atoms with Crippen LogP contribution in [0, 0.1) is 5.92 Å². The van der Waals surface area contributed by atoms with Gasteiger partial charge >= 0.3 is 39.5 Å². The summed E-state index contributed by atoms with van der Waals surface area (Å²) in [5.41, 5.74) is 0. The number of unbranched alkanes of at least 4 members (excludes halogenated alkanes) is 43. The number of hydrogen-bond acceptors (Lipinski definition) is 15. The van der Waals surface area contributed by atoms with Crippen LogP contribution < -0.4 is 0 Å². The lowest BCUT2D eigenvalue weighted by atomic mass is 10.0. The number of aliphatic hydroxyl groups is 1. The van der Waals surface area contributed by atoms with Crippen LogP contribution in [-0.4, -0.2) is 96.7 Å². The van der Waals surface area contributed by atoms with E-state index in [1.165, 1.54) is 180 Å². The molecule has 534 valence electrons. The first-order valence-electron chi connectivity index (χ1n) is 37.1. The van der Waals surface area contributed by atoms with Crippen molar-refractivity contribution in [1.29, 1.82) is 0 Å². The van der Waals surface area contributed by atoms with Gasteiger partial charge in [-0.25, -0.2) is 9.13 Å². The average Bonchev–Trinajstić information content (AvgIpc) is 3.63. The predicted octanol–water partition coefficient (Wildman–Crippen LogP) is 20.5. The maximum Gasteiger partial charge on any atom is 0.472 e. The van der Waals surface area contributed by atoms with Gasteiger partial charge in [0.05, 0.1) is 26.4 Å². The van der Waals surface area contributed by atoms with Crippen LogP contribution >= 0.6 is 15.6 Å². The van der Waals surface area contributed by atoms with E-state index in [0.29, 0.717) is 25.7 Å². The number of ether oxygens (including phenoxy) is 4. The van der Waals surface area contributed by atoms with E-state index in [4.69, 9.17) is 37.0 Å². The molecule has 0 saturated heterocycles. The van der Waals surface area contributed by atoms with Crippen LogP contribution in [0.5, 0.6) is 0 Å². The standard InChI is InChI=1S/C71H138O17P2/c1-6-9-12-15-18-20-22-23-24-25-26-27-28-29-30-31-32-36-42-47-52-57-71(76)88-67(61-82-69(74)55-50-45-40-37-33-34-39-43-48-53-64(4)5)63-86-90(79,80)84-59-65(72)58-83-89(77,78)85-62-66(60-81-68(73)54-49-44-38-17-14-11-8-3)87-70(75)56-51-46-41-35-21-19-16-13-10-7-2/h64-67,72H,6-63H2,1-5H3,(H,77,78)(H,79,80)/t65-,66+,67+/m0/s1. The Morgan fingerprint density at radius 2 is 0.511 bits per heavy atom. The number of phosphoric ester groups is 2. The van der Waals surface area contributed by atoms with Crippen molar-refractivity contribution in [3.8, 4) is 0 Å². The number of hydrogen-bond donors (Lipinski definition) is 3. The van der Waals surface area contributed by atoms with Gasteiger partial charge in [-0.05, 0) is 31.6 Å². The third kappa shape index (κ3) is 64.8. The molecule has 0 aliphatic heterocycles. The molecule has 0 aromatic heterocycles. The van der Waals surface area contributed by atoms with Crippen LogP contribution in [0.1, 0.15) is 369 Å². The molecule has 3 N–H and O–H groups in total. The van der Waals surface area contributed by atoms with E-state index in [9.17, 15) is 43.2 Å². The van der Waals surface area contributed by atoms with Crippen molar-refractivity contribution in [1.82, 2.24) is 0 Å². The molecular formula is C71H138O17P2. The largest absolute Gasteiger partial charge is 0.472 e. The fourth-order valence-corrected chi connectivity index (χ4v) is 12.4. The first kappa shape index (κ1) is 88.1. The molecular weight excluding hydrogens is 1190 g/mol. The summed E-state index contributed by atoms with van der Waals surface area (Å²) in [7, 11) is -9.89. The molecule has 0 heterocycles. The Labute approximate surface area is 549 Å². The zero-order valence-corrected chi connectivity index (χ0v) is 60.1. The maximum atomic E-state index is 13.0. The Balaban J connectivity index is 5.13. The van der Waals surface area contributed by atoms with Crippen molar-refractivity contribution >= 4 is 39.5 Å². The summed E-state index contributed by atoms with van der Waals surface area (Å²) < 4.78 is 68.1. The van der Waals surface area contributed by atoms with Crippen LogP contribution in [0.15, 0.2) is 0 Å². The Kier molecular flexibility index (Phi) is 63.0. The van der Waals surface area contributed by atoms with Crippen LogP contribution in [0.4, 0.5) is 0 Å². The molecule has 5 atom stereocenters. The van der Waals surface area contributed by atoms with Gasteiger partial charge in [-0.3, -0.25) is 37.3 Å². The van der Waals surface area contributed by atoms with Gasteiger partial charge in [-0.2, -0.15) is 0 Å². The van der Waals surface area contributed by atoms with Gasteiger partial charge in [0.15, 0.2) is 12.2 Å². The fourth-order valence-electron chi connectivity index (χ4n) is 10.8. The minimum absolute atomic E-state index is 0.106. The van der Waals surface area contributed by atoms with Crippen molar-refractivity contribution in [2.24, 2.45) is 5.92 Å². The van der Waals surface area contributed by atoms with E-state index in [0.717, 1.165) is 109 Å². The van der Waals surface area contributed by atoms with Gasteiger partial charge in [0.25, 0.3) is 0 Å². The molecule has 0 aromatic carbocycles. The number of rotatable bonds is 71. The molecule has 19 heteroatoms. The highest BCUT2D eigenvalue weighted by Gasteiger charge is 2.30. The van der Waals surface area contributed by atoms with Crippen molar-refractivity contribution < 1.29 is 80.2 Å². The molecule has 0 bridgehead atoms. The fraction of sp³-hybridized carbons (Fsp3) is 0.944. The zero-order valence-electron chi connectivity index (χ0n) is 58.3.